The van der Waals surface area contributed by atoms with Gasteiger partial charge in [-0.15, -0.1) is 9.78 Å². The Kier molecular flexibility index (Phi) is 9.36. The fourth-order valence-electron chi connectivity index (χ4n) is 1.27. The van der Waals surface area contributed by atoms with E-state index in [4.69, 9.17) is 9.47 Å². The van der Waals surface area contributed by atoms with Gasteiger partial charge >= 0.3 is 18.1 Å². The van der Waals surface area contributed by atoms with Crippen LogP contribution >= 0.6 is 0 Å². The van der Waals surface area contributed by atoms with Crippen molar-refractivity contribution in [2.45, 2.75) is 68.0 Å². The summed E-state index contributed by atoms with van der Waals surface area (Å²) in [6, 6.07) is 0. The fourth-order valence-corrected chi connectivity index (χ4v) is 1.27. The maximum atomic E-state index is 11.7. The van der Waals surface area contributed by atoms with E-state index in [0.717, 1.165) is 0 Å². The zero-order valence-electron chi connectivity index (χ0n) is 17.7. The van der Waals surface area contributed by atoms with E-state index in [1.165, 1.54) is 13.8 Å². The second-order valence-electron chi connectivity index (χ2n) is 8.01. The van der Waals surface area contributed by atoms with E-state index in [9.17, 15) is 14.4 Å². The molecular formula is C19H30O9. The number of hydrogen-bond donors (Lipinski definition) is 0. The van der Waals surface area contributed by atoms with Gasteiger partial charge in [-0.1, -0.05) is 54.7 Å². The summed E-state index contributed by atoms with van der Waals surface area (Å²) in [5.41, 5.74) is -0.649. The van der Waals surface area contributed by atoms with Crippen molar-refractivity contribution in [3.63, 3.8) is 0 Å². The molecule has 9 nitrogen and oxygen atoms in total. The molecule has 0 saturated carbocycles. The Labute approximate surface area is 165 Å². The first-order valence-electron chi connectivity index (χ1n) is 8.57. The summed E-state index contributed by atoms with van der Waals surface area (Å²) in [6.07, 6.45) is -3.73. The van der Waals surface area contributed by atoms with Crippen LogP contribution in [-0.2, 0) is 38.6 Å². The van der Waals surface area contributed by atoms with E-state index >= 15 is 0 Å². The molecule has 0 N–H and O–H groups in total. The molecule has 0 aromatic rings. The van der Waals surface area contributed by atoms with Crippen LogP contribution in [0.5, 0.6) is 0 Å². The molecule has 9 heteroatoms. The monoisotopic (exact) mass is 402 g/mol. The van der Waals surface area contributed by atoms with Crippen molar-refractivity contribution in [1.82, 2.24) is 0 Å². The van der Waals surface area contributed by atoms with Gasteiger partial charge in [0.2, 0.25) is 12.6 Å². The minimum absolute atomic E-state index is 0.183. The first-order chi connectivity index (χ1) is 12.6. The summed E-state index contributed by atoms with van der Waals surface area (Å²) in [5.74, 6) is -1.59. The first kappa shape index (κ1) is 25.6. The highest BCUT2D eigenvalue weighted by molar-refractivity contribution is 5.89. The van der Waals surface area contributed by atoms with E-state index in [2.05, 4.69) is 32.7 Å². The van der Waals surface area contributed by atoms with Crippen LogP contribution in [-0.4, -0.2) is 30.7 Å². The number of ether oxygens (including phenoxy) is 2. The summed E-state index contributed by atoms with van der Waals surface area (Å²) in [5, 5.41) is 0. The predicted octanol–water partition coefficient (Wildman–Crippen LogP) is 3.99. The normalized spacial score (nSPS) is 13.7. The van der Waals surface area contributed by atoms with Crippen molar-refractivity contribution in [2.24, 2.45) is 10.8 Å². The second-order valence-corrected chi connectivity index (χ2v) is 8.01. The summed E-state index contributed by atoms with van der Waals surface area (Å²) in [6.45, 7) is 20.5. The van der Waals surface area contributed by atoms with Crippen molar-refractivity contribution in [1.29, 1.82) is 0 Å². The van der Waals surface area contributed by atoms with Crippen molar-refractivity contribution >= 4 is 18.1 Å². The molecule has 0 fully saturated rings. The highest BCUT2D eigenvalue weighted by atomic mass is 17.2. The van der Waals surface area contributed by atoms with Gasteiger partial charge in [0.15, 0.2) is 0 Å². The number of hydrogen-bond acceptors (Lipinski definition) is 9. The third-order valence-electron chi connectivity index (χ3n) is 3.35. The van der Waals surface area contributed by atoms with Crippen LogP contribution in [0.15, 0.2) is 24.3 Å². The van der Waals surface area contributed by atoms with E-state index < -0.39 is 41.5 Å². The quantitative estimate of drug-likeness (QED) is 0.196. The zero-order valence-corrected chi connectivity index (χ0v) is 17.7. The Morgan fingerprint density at radius 1 is 0.679 bits per heavy atom. The van der Waals surface area contributed by atoms with E-state index in [0.29, 0.717) is 0 Å². The van der Waals surface area contributed by atoms with Gasteiger partial charge in [-0.25, -0.2) is 14.4 Å². The zero-order chi connectivity index (χ0) is 22.3. The molecule has 160 valence electrons. The van der Waals surface area contributed by atoms with Gasteiger partial charge < -0.3 is 9.47 Å². The average molecular weight is 402 g/mol. The van der Waals surface area contributed by atoms with Crippen molar-refractivity contribution in [2.75, 3.05) is 0 Å². The smallest absolute Gasteiger partial charge is 0.401 e. The number of carbonyl (C=O) groups excluding carboxylic acids is 3. The minimum atomic E-state index is -1.26. The van der Waals surface area contributed by atoms with Gasteiger partial charge in [0.25, 0.3) is 0 Å². The molecule has 2 atom stereocenters. The van der Waals surface area contributed by atoms with Crippen LogP contribution in [0.4, 0.5) is 4.79 Å². The molecule has 0 aliphatic carbocycles. The lowest BCUT2D eigenvalue weighted by Gasteiger charge is -2.21. The van der Waals surface area contributed by atoms with Crippen LogP contribution in [0.25, 0.3) is 0 Å². The Morgan fingerprint density at radius 3 is 1.21 bits per heavy atom. The molecule has 28 heavy (non-hydrogen) atoms. The maximum absolute atomic E-state index is 11.7. The standard InChI is InChI=1S/C19H30O9/c1-11(18(5,6)7)15(20)27-25-13(3)23-17(22)24-14(4)26-28-16(21)12(2)19(8,9)10/h13-14H,1-2H2,3-10H3. The molecule has 0 spiro atoms. The van der Waals surface area contributed by atoms with Crippen molar-refractivity contribution in [3.05, 3.63) is 24.3 Å². The van der Waals surface area contributed by atoms with E-state index in [1.807, 2.05) is 0 Å². The topological polar surface area (TPSA) is 107 Å². The average Bonchev–Trinajstić information content (AvgIpc) is 2.54. The summed E-state index contributed by atoms with van der Waals surface area (Å²) in [4.78, 5) is 53.5. The van der Waals surface area contributed by atoms with Gasteiger partial charge in [0.05, 0.1) is 0 Å². The third kappa shape index (κ3) is 9.52. The molecule has 0 bridgehead atoms. The Balaban J connectivity index is 4.29. The molecular weight excluding hydrogens is 372 g/mol. The molecule has 2 unspecified atom stereocenters. The van der Waals surface area contributed by atoms with Crippen molar-refractivity contribution < 1.29 is 43.4 Å². The van der Waals surface area contributed by atoms with Crippen LogP contribution in [0.3, 0.4) is 0 Å². The highest BCUT2D eigenvalue weighted by Gasteiger charge is 2.26. The molecule has 0 aromatic heterocycles. The highest BCUT2D eigenvalue weighted by Crippen LogP contribution is 2.25. The van der Waals surface area contributed by atoms with Gasteiger partial charge in [0, 0.05) is 25.0 Å². The summed E-state index contributed by atoms with van der Waals surface area (Å²) in [7, 11) is 0. The lowest BCUT2D eigenvalue weighted by molar-refractivity contribution is -0.351. The molecule has 0 rings (SSSR count). The largest absolute Gasteiger partial charge is 0.513 e. The Morgan fingerprint density at radius 2 is 0.964 bits per heavy atom. The van der Waals surface area contributed by atoms with Crippen LogP contribution in [0, 0.1) is 10.8 Å². The van der Waals surface area contributed by atoms with Crippen LogP contribution in [0.1, 0.15) is 55.4 Å². The van der Waals surface area contributed by atoms with Crippen LogP contribution in [0.2, 0.25) is 0 Å². The predicted molar refractivity (Wildman–Crippen MR) is 98.0 cm³/mol. The SMILES string of the molecule is C=C(C(=O)OOC(C)OC(=O)OC(C)OOC(=O)C(=C)C(C)(C)C)C(C)(C)C. The maximum Gasteiger partial charge on any atom is 0.513 e. The summed E-state index contributed by atoms with van der Waals surface area (Å²) >= 11 is 0. The molecule has 0 saturated heterocycles. The van der Waals surface area contributed by atoms with Crippen molar-refractivity contribution in [3.8, 4) is 0 Å². The Hall–Kier alpha value is -2.39. The van der Waals surface area contributed by atoms with Gasteiger partial charge in [-0.3, -0.25) is 9.78 Å². The lowest BCUT2D eigenvalue weighted by atomic mass is 9.88. The molecule has 0 aliphatic rings. The first-order valence-corrected chi connectivity index (χ1v) is 8.57. The molecule has 0 aromatic carbocycles. The van der Waals surface area contributed by atoms with Crippen LogP contribution < -0.4 is 0 Å². The molecule has 0 radical (unpaired) electrons. The summed E-state index contributed by atoms with van der Waals surface area (Å²) < 4.78 is 9.43. The lowest BCUT2D eigenvalue weighted by Crippen LogP contribution is -2.27. The molecule has 0 amide bonds. The second kappa shape index (κ2) is 10.2. The minimum Gasteiger partial charge on any atom is -0.401 e. The molecule has 0 aliphatic heterocycles. The third-order valence-corrected chi connectivity index (χ3v) is 3.35. The van der Waals surface area contributed by atoms with Gasteiger partial charge in [0.1, 0.15) is 0 Å². The number of carbonyl (C=O) groups is 3. The van der Waals surface area contributed by atoms with E-state index in [-0.39, 0.29) is 11.1 Å². The van der Waals surface area contributed by atoms with Gasteiger partial charge in [-0.2, -0.15) is 0 Å². The number of rotatable bonds is 8. The Bertz CT molecular complexity index is 556. The molecule has 0 heterocycles. The fraction of sp³-hybridized carbons (Fsp3) is 0.632. The van der Waals surface area contributed by atoms with Gasteiger partial charge in [-0.05, 0) is 10.8 Å². The van der Waals surface area contributed by atoms with E-state index in [1.54, 1.807) is 41.5 Å².